The second kappa shape index (κ2) is 7.06. The highest BCUT2D eigenvalue weighted by Gasteiger charge is 2.28. The Morgan fingerprint density at radius 3 is 2.89 bits per heavy atom. The quantitative estimate of drug-likeness (QED) is 0.898. The van der Waals surface area contributed by atoms with E-state index in [-0.39, 0.29) is 17.9 Å². The van der Waals surface area contributed by atoms with Crippen molar-refractivity contribution in [3.63, 3.8) is 0 Å². The first-order chi connectivity index (χ1) is 13.0. The largest absolute Gasteiger partial charge is 0.350 e. The van der Waals surface area contributed by atoms with Crippen molar-refractivity contribution in [2.75, 3.05) is 20.6 Å². The van der Waals surface area contributed by atoms with E-state index in [1.165, 1.54) is 5.56 Å². The summed E-state index contributed by atoms with van der Waals surface area (Å²) in [6.45, 7) is 2.29. The summed E-state index contributed by atoms with van der Waals surface area (Å²) in [5.41, 5.74) is 4.27. The fourth-order valence-electron chi connectivity index (χ4n) is 3.99. The fourth-order valence-corrected chi connectivity index (χ4v) is 3.99. The number of aryl methyl sites for hydroxylation is 1. The normalized spacial score (nSPS) is 18.0. The number of urea groups is 1. The number of nitrogens with zero attached hydrogens (tertiary/aromatic N) is 4. The molecule has 1 N–H and O–H groups in total. The minimum absolute atomic E-state index is 0.0113. The monoisotopic (exact) mass is 367 g/mol. The molecule has 7 heteroatoms. The van der Waals surface area contributed by atoms with Crippen molar-refractivity contribution in [2.45, 2.75) is 38.4 Å². The molecule has 1 aliphatic carbocycles. The lowest BCUT2D eigenvalue weighted by atomic mass is 10.0. The van der Waals surface area contributed by atoms with E-state index >= 15 is 0 Å². The van der Waals surface area contributed by atoms with Crippen LogP contribution in [-0.2, 0) is 30.8 Å². The summed E-state index contributed by atoms with van der Waals surface area (Å²) in [6.07, 6.45) is 1.83. The van der Waals surface area contributed by atoms with Crippen LogP contribution in [0.25, 0.3) is 0 Å². The molecule has 0 unspecified atom stereocenters. The first kappa shape index (κ1) is 17.6. The Hall–Kier alpha value is -2.83. The summed E-state index contributed by atoms with van der Waals surface area (Å²) < 4.78 is 1.94. The Bertz CT molecular complexity index is 873. The summed E-state index contributed by atoms with van der Waals surface area (Å²) in [4.78, 5) is 28.2. The number of carbonyl (C=O) groups excluding carboxylic acids is 2. The summed E-state index contributed by atoms with van der Waals surface area (Å²) in [5.74, 6) is 0.00183. The smallest absolute Gasteiger partial charge is 0.319 e. The van der Waals surface area contributed by atoms with Gasteiger partial charge in [-0.05, 0) is 30.0 Å². The van der Waals surface area contributed by atoms with Crippen LogP contribution in [0.1, 0.15) is 34.9 Å². The molecular formula is C20H25N5O2. The van der Waals surface area contributed by atoms with E-state index < -0.39 is 0 Å². The van der Waals surface area contributed by atoms with Crippen LogP contribution < -0.4 is 5.32 Å². The molecule has 3 amide bonds. The molecule has 142 valence electrons. The van der Waals surface area contributed by atoms with Crippen LogP contribution in [0, 0.1) is 0 Å². The molecular weight excluding hydrogens is 342 g/mol. The number of nitrogens with one attached hydrogen (secondary N) is 1. The maximum Gasteiger partial charge on any atom is 0.319 e. The fraction of sp³-hybridized carbons (Fsp3) is 0.450. The minimum Gasteiger partial charge on any atom is -0.350 e. The van der Waals surface area contributed by atoms with E-state index in [2.05, 4.69) is 22.5 Å². The van der Waals surface area contributed by atoms with Crippen LogP contribution in [0.2, 0.25) is 0 Å². The molecule has 2 aromatic rings. The van der Waals surface area contributed by atoms with Crippen molar-refractivity contribution in [3.05, 3.63) is 52.8 Å². The zero-order valence-corrected chi connectivity index (χ0v) is 15.8. The average molecular weight is 367 g/mol. The number of rotatable bonds is 3. The summed E-state index contributed by atoms with van der Waals surface area (Å²) in [6, 6.07) is 10.2. The van der Waals surface area contributed by atoms with E-state index in [1.807, 2.05) is 27.8 Å². The molecule has 0 fully saturated rings. The Balaban J connectivity index is 1.38. The van der Waals surface area contributed by atoms with Crippen molar-refractivity contribution in [1.82, 2.24) is 24.9 Å². The molecule has 1 aliphatic heterocycles. The number of fused-ring (bicyclic) bond motifs is 2. The first-order valence-corrected chi connectivity index (χ1v) is 9.40. The standard InChI is InChI=1S/C20H25N5O2/c1-23(2)20(27)24-9-10-25-16(13-24)11-15(22-25)12-21-19(26)18-8-7-14-5-3-4-6-17(14)18/h3-6,11,18H,7-10,12-13H2,1-2H3,(H,21,26)/t18-/m0/s1. The highest BCUT2D eigenvalue weighted by atomic mass is 16.2. The van der Waals surface area contributed by atoms with Gasteiger partial charge >= 0.3 is 6.03 Å². The molecule has 0 saturated carbocycles. The first-order valence-electron chi connectivity index (χ1n) is 9.40. The molecule has 2 aliphatic rings. The number of aromatic nitrogens is 2. The van der Waals surface area contributed by atoms with Crippen LogP contribution in [-0.4, -0.2) is 52.2 Å². The third-order valence-electron chi connectivity index (χ3n) is 5.39. The predicted octanol–water partition coefficient (Wildman–Crippen LogP) is 1.73. The Morgan fingerprint density at radius 2 is 2.07 bits per heavy atom. The zero-order valence-electron chi connectivity index (χ0n) is 15.8. The topological polar surface area (TPSA) is 70.5 Å². The van der Waals surface area contributed by atoms with Crippen molar-refractivity contribution in [1.29, 1.82) is 0 Å². The lowest BCUT2D eigenvalue weighted by Gasteiger charge is -2.29. The highest BCUT2D eigenvalue weighted by Crippen LogP contribution is 2.32. The second-order valence-electron chi connectivity index (χ2n) is 7.46. The Labute approximate surface area is 158 Å². The van der Waals surface area contributed by atoms with Gasteiger partial charge in [0.15, 0.2) is 0 Å². The van der Waals surface area contributed by atoms with Gasteiger partial charge in [0.2, 0.25) is 5.91 Å². The average Bonchev–Trinajstić information content (AvgIpc) is 3.28. The van der Waals surface area contributed by atoms with E-state index in [1.54, 1.807) is 19.0 Å². The molecule has 1 aromatic carbocycles. The highest BCUT2D eigenvalue weighted by molar-refractivity contribution is 5.84. The van der Waals surface area contributed by atoms with Crippen molar-refractivity contribution in [2.24, 2.45) is 0 Å². The number of benzene rings is 1. The second-order valence-corrected chi connectivity index (χ2v) is 7.46. The van der Waals surface area contributed by atoms with Gasteiger partial charge in [-0.2, -0.15) is 5.10 Å². The number of carbonyl (C=O) groups is 2. The van der Waals surface area contributed by atoms with Crippen LogP contribution in [0.3, 0.4) is 0 Å². The van der Waals surface area contributed by atoms with Gasteiger partial charge in [-0.25, -0.2) is 4.79 Å². The van der Waals surface area contributed by atoms with Gasteiger partial charge in [-0.15, -0.1) is 0 Å². The van der Waals surface area contributed by atoms with Crippen LogP contribution in [0.4, 0.5) is 4.79 Å². The molecule has 4 rings (SSSR count). The van der Waals surface area contributed by atoms with Gasteiger partial charge in [-0.3, -0.25) is 9.48 Å². The van der Waals surface area contributed by atoms with E-state index in [0.29, 0.717) is 26.2 Å². The van der Waals surface area contributed by atoms with Crippen LogP contribution in [0.5, 0.6) is 0 Å². The number of hydrogen-bond acceptors (Lipinski definition) is 3. The number of amides is 3. The van der Waals surface area contributed by atoms with Gasteiger partial charge in [0.1, 0.15) is 0 Å². The van der Waals surface area contributed by atoms with Crippen LogP contribution in [0.15, 0.2) is 30.3 Å². The van der Waals surface area contributed by atoms with Gasteiger partial charge in [0.05, 0.1) is 36.9 Å². The van der Waals surface area contributed by atoms with Crippen LogP contribution >= 0.6 is 0 Å². The predicted molar refractivity (Wildman–Crippen MR) is 101 cm³/mol. The molecule has 2 heterocycles. The summed E-state index contributed by atoms with van der Waals surface area (Å²) >= 11 is 0. The molecule has 1 atom stereocenters. The Morgan fingerprint density at radius 1 is 1.26 bits per heavy atom. The molecule has 0 saturated heterocycles. The van der Waals surface area contributed by atoms with Gasteiger partial charge in [0, 0.05) is 20.6 Å². The maximum atomic E-state index is 12.6. The third kappa shape index (κ3) is 3.41. The molecule has 27 heavy (non-hydrogen) atoms. The molecule has 0 bridgehead atoms. The minimum atomic E-state index is -0.0633. The molecule has 0 radical (unpaired) electrons. The third-order valence-corrected chi connectivity index (χ3v) is 5.39. The van der Waals surface area contributed by atoms with E-state index in [9.17, 15) is 9.59 Å². The van der Waals surface area contributed by atoms with Crippen molar-refractivity contribution >= 4 is 11.9 Å². The SMILES string of the molecule is CN(C)C(=O)N1CCn2nc(CNC(=O)[C@H]3CCc4ccccc43)cc2C1. The molecule has 1 aromatic heterocycles. The Kier molecular flexibility index (Phi) is 4.59. The van der Waals surface area contributed by atoms with Gasteiger partial charge in [-0.1, -0.05) is 24.3 Å². The number of hydrogen-bond donors (Lipinski definition) is 1. The van der Waals surface area contributed by atoms with E-state index in [4.69, 9.17) is 0 Å². The van der Waals surface area contributed by atoms with Crippen molar-refractivity contribution in [3.8, 4) is 0 Å². The maximum absolute atomic E-state index is 12.6. The molecule has 7 nitrogen and oxygen atoms in total. The van der Waals surface area contributed by atoms with E-state index in [0.717, 1.165) is 29.8 Å². The zero-order chi connectivity index (χ0) is 19.0. The van der Waals surface area contributed by atoms with Gasteiger partial charge in [0.25, 0.3) is 0 Å². The molecule has 0 spiro atoms. The lowest BCUT2D eigenvalue weighted by molar-refractivity contribution is -0.122. The summed E-state index contributed by atoms with van der Waals surface area (Å²) in [5, 5.41) is 7.62. The lowest BCUT2D eigenvalue weighted by Crippen LogP contribution is -2.43. The van der Waals surface area contributed by atoms with Crippen molar-refractivity contribution < 1.29 is 9.59 Å². The van der Waals surface area contributed by atoms with Gasteiger partial charge < -0.3 is 15.1 Å². The summed E-state index contributed by atoms with van der Waals surface area (Å²) in [7, 11) is 3.52.